The van der Waals surface area contributed by atoms with E-state index in [0.717, 1.165) is 16.2 Å². The summed E-state index contributed by atoms with van der Waals surface area (Å²) < 4.78 is 7.31. The lowest BCUT2D eigenvalue weighted by atomic mass is 10.2. The number of aromatic amines is 1. The molecule has 4 aromatic rings. The average molecular weight is 457 g/mol. The Balaban J connectivity index is 1.73. The lowest BCUT2D eigenvalue weighted by Crippen LogP contribution is -2.13. The van der Waals surface area contributed by atoms with Crippen molar-refractivity contribution in [1.82, 2.24) is 19.5 Å². The molecule has 0 saturated carbocycles. The fourth-order valence-electron chi connectivity index (χ4n) is 3.56. The Kier molecular flexibility index (Phi) is 5.90. The van der Waals surface area contributed by atoms with Crippen LogP contribution in [0.2, 0.25) is 0 Å². The molecule has 0 amide bonds. The van der Waals surface area contributed by atoms with Crippen molar-refractivity contribution in [3.63, 3.8) is 0 Å². The van der Waals surface area contributed by atoms with Gasteiger partial charge in [0, 0.05) is 6.04 Å². The molecule has 0 aliphatic rings. The molecule has 162 valence electrons. The SMILES string of the molecule is CCOC(=O)c1sc2nc(C(C)Sc3nc4ccccc4n3C(C)C)[nH]c(=O)c2c1C. The number of carbonyl (C=O) groups excluding carboxylic acids is 1. The van der Waals surface area contributed by atoms with E-state index in [0.29, 0.717) is 26.5 Å². The third kappa shape index (κ3) is 3.87. The molecule has 31 heavy (non-hydrogen) atoms. The van der Waals surface area contributed by atoms with E-state index in [1.165, 1.54) is 11.3 Å². The summed E-state index contributed by atoms with van der Waals surface area (Å²) in [5.74, 6) is 0.138. The minimum absolute atomic E-state index is 0.139. The molecule has 1 aromatic carbocycles. The number of nitrogens with zero attached hydrogens (tertiary/aromatic N) is 3. The van der Waals surface area contributed by atoms with Crippen LogP contribution in [0, 0.1) is 6.92 Å². The second kappa shape index (κ2) is 8.47. The van der Waals surface area contributed by atoms with E-state index in [2.05, 4.69) is 34.4 Å². The quantitative estimate of drug-likeness (QED) is 0.315. The highest BCUT2D eigenvalue weighted by molar-refractivity contribution is 7.99. The van der Waals surface area contributed by atoms with Crippen molar-refractivity contribution in [2.24, 2.45) is 0 Å². The molecule has 1 atom stereocenters. The highest BCUT2D eigenvalue weighted by Crippen LogP contribution is 2.37. The van der Waals surface area contributed by atoms with Gasteiger partial charge in [-0.3, -0.25) is 4.79 Å². The van der Waals surface area contributed by atoms with Crippen LogP contribution in [0.4, 0.5) is 0 Å². The summed E-state index contributed by atoms with van der Waals surface area (Å²) in [6.07, 6.45) is 0. The number of benzene rings is 1. The van der Waals surface area contributed by atoms with Gasteiger partial charge in [-0.25, -0.2) is 14.8 Å². The molecular formula is C22H24N4O3S2. The van der Waals surface area contributed by atoms with Crippen LogP contribution in [0.3, 0.4) is 0 Å². The van der Waals surface area contributed by atoms with Gasteiger partial charge in [0.05, 0.1) is 28.3 Å². The molecule has 0 bridgehead atoms. The lowest BCUT2D eigenvalue weighted by molar-refractivity contribution is 0.0531. The van der Waals surface area contributed by atoms with Crippen molar-refractivity contribution in [3.8, 4) is 0 Å². The zero-order valence-corrected chi connectivity index (χ0v) is 19.7. The molecular weight excluding hydrogens is 432 g/mol. The first-order chi connectivity index (χ1) is 14.8. The molecule has 0 aliphatic heterocycles. The first kappa shape index (κ1) is 21.6. The summed E-state index contributed by atoms with van der Waals surface area (Å²) in [5.41, 5.74) is 2.39. The number of imidazole rings is 1. The van der Waals surface area contributed by atoms with Gasteiger partial charge in [0.1, 0.15) is 15.5 Å². The van der Waals surface area contributed by atoms with Gasteiger partial charge >= 0.3 is 5.97 Å². The second-order valence-electron chi connectivity index (χ2n) is 7.51. The number of rotatable bonds is 6. The van der Waals surface area contributed by atoms with Crippen LogP contribution >= 0.6 is 23.1 Å². The third-order valence-corrected chi connectivity index (χ3v) is 7.27. The van der Waals surface area contributed by atoms with E-state index in [-0.39, 0.29) is 23.5 Å². The number of para-hydroxylation sites is 2. The Morgan fingerprint density at radius 1 is 1.26 bits per heavy atom. The normalized spacial score (nSPS) is 12.7. The molecule has 3 heterocycles. The number of hydrogen-bond acceptors (Lipinski definition) is 7. The molecule has 1 unspecified atom stereocenters. The monoisotopic (exact) mass is 456 g/mol. The Hall–Kier alpha value is -2.65. The van der Waals surface area contributed by atoms with Gasteiger partial charge in [0.2, 0.25) is 0 Å². The van der Waals surface area contributed by atoms with E-state index in [9.17, 15) is 9.59 Å². The van der Waals surface area contributed by atoms with Crippen LogP contribution in [0.5, 0.6) is 0 Å². The zero-order valence-electron chi connectivity index (χ0n) is 18.1. The van der Waals surface area contributed by atoms with Crippen LogP contribution in [-0.4, -0.2) is 32.1 Å². The number of fused-ring (bicyclic) bond motifs is 2. The fourth-order valence-corrected chi connectivity index (χ4v) is 5.76. The standard InChI is InChI=1S/C22H24N4O3S2/c1-6-29-21(28)17-12(4)16-19(27)24-18(25-20(16)31-17)13(5)30-22-23-14-9-7-8-10-15(14)26(22)11(2)3/h7-11,13H,6H2,1-5H3,(H,24,25,27). The Labute approximate surface area is 187 Å². The van der Waals surface area contributed by atoms with Crippen LogP contribution < -0.4 is 5.56 Å². The van der Waals surface area contributed by atoms with Gasteiger partial charge in [0.15, 0.2) is 5.16 Å². The molecule has 0 saturated heterocycles. The number of carbonyl (C=O) groups is 1. The summed E-state index contributed by atoms with van der Waals surface area (Å²) in [6, 6.07) is 8.29. The molecule has 1 N–H and O–H groups in total. The third-order valence-electron chi connectivity index (χ3n) is 5.03. The minimum Gasteiger partial charge on any atom is -0.462 e. The van der Waals surface area contributed by atoms with Crippen molar-refractivity contribution in [2.75, 3.05) is 6.61 Å². The topological polar surface area (TPSA) is 89.9 Å². The molecule has 9 heteroatoms. The number of thiophene rings is 1. The number of aromatic nitrogens is 4. The zero-order chi connectivity index (χ0) is 22.3. The van der Waals surface area contributed by atoms with Crippen molar-refractivity contribution < 1.29 is 9.53 Å². The predicted molar refractivity (Wildman–Crippen MR) is 125 cm³/mol. The van der Waals surface area contributed by atoms with E-state index in [1.807, 2.05) is 25.1 Å². The van der Waals surface area contributed by atoms with E-state index in [4.69, 9.17) is 9.72 Å². The molecule has 0 spiro atoms. The van der Waals surface area contributed by atoms with E-state index < -0.39 is 5.97 Å². The number of aryl methyl sites for hydroxylation is 1. The predicted octanol–water partition coefficient (Wildman–Crippen LogP) is 5.25. The maximum Gasteiger partial charge on any atom is 0.348 e. The highest BCUT2D eigenvalue weighted by Gasteiger charge is 2.23. The molecule has 0 radical (unpaired) electrons. The summed E-state index contributed by atoms with van der Waals surface area (Å²) in [4.78, 5) is 38.4. The van der Waals surface area contributed by atoms with Gasteiger partial charge in [-0.2, -0.15) is 0 Å². The van der Waals surface area contributed by atoms with Crippen LogP contribution in [0.1, 0.15) is 60.0 Å². The average Bonchev–Trinajstić information content (AvgIpc) is 3.25. The molecule has 0 fully saturated rings. The molecule has 7 nitrogen and oxygen atoms in total. The number of thioether (sulfide) groups is 1. The van der Waals surface area contributed by atoms with Gasteiger partial charge in [-0.05, 0) is 52.3 Å². The first-order valence-corrected chi connectivity index (χ1v) is 11.9. The molecule has 0 aliphatic carbocycles. The maximum absolute atomic E-state index is 12.8. The van der Waals surface area contributed by atoms with Gasteiger partial charge < -0.3 is 14.3 Å². The van der Waals surface area contributed by atoms with E-state index >= 15 is 0 Å². The van der Waals surface area contributed by atoms with Crippen LogP contribution in [0.25, 0.3) is 21.3 Å². The number of ether oxygens (including phenoxy) is 1. The largest absolute Gasteiger partial charge is 0.462 e. The molecule has 4 rings (SSSR count). The summed E-state index contributed by atoms with van der Waals surface area (Å²) >= 11 is 2.75. The smallest absolute Gasteiger partial charge is 0.348 e. The summed E-state index contributed by atoms with van der Waals surface area (Å²) in [7, 11) is 0. The number of H-pyrrole nitrogens is 1. The van der Waals surface area contributed by atoms with E-state index in [1.54, 1.807) is 25.6 Å². The van der Waals surface area contributed by atoms with Crippen molar-refractivity contribution in [1.29, 1.82) is 0 Å². The van der Waals surface area contributed by atoms with Crippen LogP contribution in [-0.2, 0) is 4.74 Å². The van der Waals surface area contributed by atoms with Crippen molar-refractivity contribution in [2.45, 2.75) is 51.1 Å². The van der Waals surface area contributed by atoms with Gasteiger partial charge in [0.25, 0.3) is 5.56 Å². The number of nitrogens with one attached hydrogen (secondary N) is 1. The maximum atomic E-state index is 12.8. The summed E-state index contributed by atoms with van der Waals surface area (Å²) in [6.45, 7) is 10.0. The molecule has 3 aromatic heterocycles. The van der Waals surface area contributed by atoms with Crippen LogP contribution in [0.15, 0.2) is 34.2 Å². The Bertz CT molecular complexity index is 1340. The highest BCUT2D eigenvalue weighted by atomic mass is 32.2. The summed E-state index contributed by atoms with van der Waals surface area (Å²) in [5, 5.41) is 1.18. The second-order valence-corrected chi connectivity index (χ2v) is 9.82. The van der Waals surface area contributed by atoms with Crippen molar-refractivity contribution in [3.05, 3.63) is 50.9 Å². The van der Waals surface area contributed by atoms with Gasteiger partial charge in [-0.15, -0.1) is 11.3 Å². The lowest BCUT2D eigenvalue weighted by Gasteiger charge is -2.15. The van der Waals surface area contributed by atoms with Crippen molar-refractivity contribution >= 4 is 50.3 Å². The first-order valence-electron chi connectivity index (χ1n) is 10.2. The fraction of sp³-hybridized carbons (Fsp3) is 0.364. The Morgan fingerprint density at radius 3 is 2.71 bits per heavy atom. The van der Waals surface area contributed by atoms with Gasteiger partial charge in [-0.1, -0.05) is 23.9 Å². The Morgan fingerprint density at radius 2 is 2.00 bits per heavy atom. The number of hydrogen-bond donors (Lipinski definition) is 1. The number of esters is 1. The minimum atomic E-state index is -0.419.